The Balaban J connectivity index is 2.69. The maximum atomic E-state index is 13.0. The topological polar surface area (TPSA) is 38.1 Å². The number of aliphatic hydroxyl groups is 1. The van der Waals surface area contributed by atoms with Gasteiger partial charge in [-0.05, 0) is 24.0 Å². The molecule has 0 fully saturated rings. The van der Waals surface area contributed by atoms with Crippen molar-refractivity contribution in [1.29, 1.82) is 0 Å². The summed E-state index contributed by atoms with van der Waals surface area (Å²) in [6, 6.07) is 3.70. The van der Waals surface area contributed by atoms with Crippen molar-refractivity contribution in [2.45, 2.75) is 40.6 Å². The number of hydrogen-bond donors (Lipinski definition) is 1. The van der Waals surface area contributed by atoms with Crippen molar-refractivity contribution in [3.05, 3.63) is 29.0 Å². The number of alkyl halides is 1. The monoisotopic (exact) mass is 250 g/mol. The number of aromatic nitrogens is 2. The van der Waals surface area contributed by atoms with Gasteiger partial charge in [-0.2, -0.15) is 5.10 Å². The third-order valence-electron chi connectivity index (χ3n) is 3.19. The molecule has 18 heavy (non-hydrogen) atoms. The van der Waals surface area contributed by atoms with E-state index in [0.717, 1.165) is 28.6 Å². The Morgan fingerprint density at radius 3 is 2.67 bits per heavy atom. The van der Waals surface area contributed by atoms with Crippen LogP contribution in [-0.2, 0) is 19.8 Å². The van der Waals surface area contributed by atoms with Gasteiger partial charge in [0.1, 0.15) is 12.4 Å². The van der Waals surface area contributed by atoms with Crippen LogP contribution in [0, 0.1) is 12.8 Å². The molecule has 1 aromatic carbocycles. The third kappa shape index (κ3) is 2.12. The summed E-state index contributed by atoms with van der Waals surface area (Å²) < 4.78 is 14.9. The van der Waals surface area contributed by atoms with Crippen molar-refractivity contribution < 1.29 is 9.50 Å². The van der Waals surface area contributed by atoms with Crippen LogP contribution in [0.5, 0.6) is 0 Å². The van der Waals surface area contributed by atoms with Gasteiger partial charge in [0.25, 0.3) is 0 Å². The Morgan fingerprint density at radius 2 is 2.11 bits per heavy atom. The fourth-order valence-corrected chi connectivity index (χ4v) is 2.31. The average Bonchev–Trinajstić information content (AvgIpc) is 2.68. The second-order valence-corrected chi connectivity index (χ2v) is 5.06. The SMILES string of the molecule is Cc1c(CO)ccc2c(CF)nn(CC(C)C)c12. The molecule has 3 nitrogen and oxygen atoms in total. The van der Waals surface area contributed by atoms with Crippen molar-refractivity contribution >= 4 is 10.9 Å². The molecule has 0 saturated carbocycles. The van der Waals surface area contributed by atoms with Gasteiger partial charge in [-0.15, -0.1) is 0 Å². The van der Waals surface area contributed by atoms with E-state index < -0.39 is 6.67 Å². The Hall–Kier alpha value is -1.42. The summed E-state index contributed by atoms with van der Waals surface area (Å²) in [6.45, 7) is 6.36. The summed E-state index contributed by atoms with van der Waals surface area (Å²) in [7, 11) is 0. The number of benzene rings is 1. The van der Waals surface area contributed by atoms with Crippen LogP contribution in [0.3, 0.4) is 0 Å². The minimum Gasteiger partial charge on any atom is -0.392 e. The highest BCUT2D eigenvalue weighted by atomic mass is 19.1. The molecular weight excluding hydrogens is 231 g/mol. The van der Waals surface area contributed by atoms with E-state index in [1.165, 1.54) is 0 Å². The lowest BCUT2D eigenvalue weighted by Gasteiger charge is -2.10. The summed E-state index contributed by atoms with van der Waals surface area (Å²) in [4.78, 5) is 0. The van der Waals surface area contributed by atoms with Gasteiger partial charge in [0, 0.05) is 11.9 Å². The predicted octanol–water partition coefficient (Wildman–Crippen LogP) is 2.96. The van der Waals surface area contributed by atoms with Gasteiger partial charge in [0.15, 0.2) is 0 Å². The molecule has 0 radical (unpaired) electrons. The van der Waals surface area contributed by atoms with Gasteiger partial charge in [-0.3, -0.25) is 4.68 Å². The third-order valence-corrected chi connectivity index (χ3v) is 3.19. The van der Waals surface area contributed by atoms with Crippen molar-refractivity contribution in [3.63, 3.8) is 0 Å². The summed E-state index contributed by atoms with van der Waals surface area (Å²) in [6.07, 6.45) is 0. The molecule has 0 unspecified atom stereocenters. The van der Waals surface area contributed by atoms with Crippen LogP contribution in [-0.4, -0.2) is 14.9 Å². The van der Waals surface area contributed by atoms with Crippen LogP contribution in [0.4, 0.5) is 4.39 Å². The molecule has 0 bridgehead atoms. The Morgan fingerprint density at radius 1 is 1.39 bits per heavy atom. The van der Waals surface area contributed by atoms with Crippen LogP contribution >= 0.6 is 0 Å². The number of halogens is 1. The predicted molar refractivity (Wildman–Crippen MR) is 70.0 cm³/mol. The molecule has 0 aliphatic rings. The summed E-state index contributed by atoms with van der Waals surface area (Å²) >= 11 is 0. The van der Waals surface area contributed by atoms with Crippen LogP contribution in [0.25, 0.3) is 10.9 Å². The van der Waals surface area contributed by atoms with E-state index >= 15 is 0 Å². The molecule has 0 saturated heterocycles. The maximum Gasteiger partial charge on any atom is 0.134 e. The highest BCUT2D eigenvalue weighted by Crippen LogP contribution is 2.26. The normalized spacial score (nSPS) is 11.7. The van der Waals surface area contributed by atoms with Crippen LogP contribution in [0.1, 0.15) is 30.7 Å². The molecule has 2 aromatic rings. The molecule has 0 spiro atoms. The van der Waals surface area contributed by atoms with E-state index in [0.29, 0.717) is 11.6 Å². The summed E-state index contributed by atoms with van der Waals surface area (Å²) in [5.74, 6) is 0.442. The smallest absolute Gasteiger partial charge is 0.134 e. The van der Waals surface area contributed by atoms with E-state index in [2.05, 4.69) is 18.9 Å². The second-order valence-electron chi connectivity index (χ2n) is 5.06. The first kappa shape index (κ1) is 13.0. The molecule has 1 heterocycles. The second kappa shape index (κ2) is 5.06. The zero-order chi connectivity index (χ0) is 13.3. The van der Waals surface area contributed by atoms with Crippen LogP contribution in [0.15, 0.2) is 12.1 Å². The van der Waals surface area contributed by atoms with Gasteiger partial charge < -0.3 is 5.11 Å². The molecular formula is C14H19FN2O. The van der Waals surface area contributed by atoms with Gasteiger partial charge in [-0.1, -0.05) is 26.0 Å². The van der Waals surface area contributed by atoms with E-state index in [4.69, 9.17) is 0 Å². The number of hydrogen-bond acceptors (Lipinski definition) is 2. The van der Waals surface area contributed by atoms with Crippen LogP contribution in [0.2, 0.25) is 0 Å². The lowest BCUT2D eigenvalue weighted by Crippen LogP contribution is -2.07. The van der Waals surface area contributed by atoms with E-state index in [-0.39, 0.29) is 6.61 Å². The number of aliphatic hydroxyl groups excluding tert-OH is 1. The van der Waals surface area contributed by atoms with Gasteiger partial charge in [-0.25, -0.2) is 4.39 Å². The standard InChI is InChI=1S/C14H19FN2O/c1-9(2)7-17-14-10(3)11(8-18)4-5-12(14)13(6-15)16-17/h4-5,9,18H,6-8H2,1-3H3. The largest absolute Gasteiger partial charge is 0.392 e. The average molecular weight is 250 g/mol. The Bertz CT molecular complexity index is 560. The minimum atomic E-state index is -0.556. The highest BCUT2D eigenvalue weighted by Gasteiger charge is 2.15. The molecule has 0 atom stereocenters. The van der Waals surface area contributed by atoms with Gasteiger partial charge in [0.2, 0.25) is 0 Å². The van der Waals surface area contributed by atoms with Crippen LogP contribution < -0.4 is 0 Å². The number of fused-ring (bicyclic) bond motifs is 1. The van der Waals surface area contributed by atoms with Crippen molar-refractivity contribution in [1.82, 2.24) is 9.78 Å². The molecule has 98 valence electrons. The van der Waals surface area contributed by atoms with Gasteiger partial charge in [0.05, 0.1) is 12.1 Å². The van der Waals surface area contributed by atoms with Gasteiger partial charge >= 0.3 is 0 Å². The molecule has 1 aromatic heterocycles. The zero-order valence-electron chi connectivity index (χ0n) is 11.1. The molecule has 0 aliphatic carbocycles. The zero-order valence-corrected chi connectivity index (χ0v) is 11.1. The Kier molecular flexibility index (Phi) is 3.66. The first-order valence-corrected chi connectivity index (χ1v) is 6.23. The van der Waals surface area contributed by atoms with Crippen molar-refractivity contribution in [2.24, 2.45) is 5.92 Å². The first-order chi connectivity index (χ1) is 8.58. The molecule has 0 aliphatic heterocycles. The molecule has 0 amide bonds. The van der Waals surface area contributed by atoms with Crippen molar-refractivity contribution in [3.8, 4) is 0 Å². The number of aryl methyl sites for hydroxylation is 1. The Labute approximate surface area is 106 Å². The van der Waals surface area contributed by atoms with E-state index in [1.54, 1.807) is 0 Å². The number of rotatable bonds is 4. The number of nitrogens with zero attached hydrogens (tertiary/aromatic N) is 2. The van der Waals surface area contributed by atoms with E-state index in [9.17, 15) is 9.50 Å². The fraction of sp³-hybridized carbons (Fsp3) is 0.500. The summed E-state index contributed by atoms with van der Waals surface area (Å²) in [5, 5.41) is 14.5. The quantitative estimate of drug-likeness (QED) is 0.906. The summed E-state index contributed by atoms with van der Waals surface area (Å²) in [5.41, 5.74) is 3.29. The molecule has 1 N–H and O–H groups in total. The fourth-order valence-electron chi connectivity index (χ4n) is 2.31. The molecule has 2 rings (SSSR count). The lowest BCUT2D eigenvalue weighted by molar-refractivity contribution is 0.281. The molecule has 4 heteroatoms. The first-order valence-electron chi connectivity index (χ1n) is 6.23. The maximum absolute atomic E-state index is 13.0. The highest BCUT2D eigenvalue weighted by molar-refractivity contribution is 5.85. The van der Waals surface area contributed by atoms with Crippen molar-refractivity contribution in [2.75, 3.05) is 0 Å². The lowest BCUT2D eigenvalue weighted by atomic mass is 10.0. The minimum absolute atomic E-state index is 0.000407. The van der Waals surface area contributed by atoms with E-state index in [1.807, 2.05) is 23.7 Å².